The van der Waals surface area contributed by atoms with E-state index < -0.39 is 0 Å². The highest BCUT2D eigenvalue weighted by Crippen LogP contribution is 2.28. The van der Waals surface area contributed by atoms with E-state index in [9.17, 15) is 4.79 Å². The molecule has 0 spiro atoms. The van der Waals surface area contributed by atoms with Gasteiger partial charge >= 0.3 is 0 Å². The van der Waals surface area contributed by atoms with Gasteiger partial charge in [-0.1, -0.05) is 12.1 Å². The van der Waals surface area contributed by atoms with Crippen molar-refractivity contribution in [1.82, 2.24) is 0 Å². The van der Waals surface area contributed by atoms with Crippen molar-refractivity contribution in [3.05, 3.63) is 32.2 Å². The molecule has 0 aromatic heterocycles. The number of carbonyl (C=O) groups excluding carboxylic acids is 1. The first-order valence-electron chi connectivity index (χ1n) is 3.06. The van der Waals surface area contributed by atoms with Crippen LogP contribution in [0.15, 0.2) is 21.1 Å². The van der Waals surface area contributed by atoms with Crippen LogP contribution in [0.1, 0.15) is 15.9 Å². The van der Waals surface area contributed by atoms with Crippen molar-refractivity contribution in [1.29, 1.82) is 0 Å². The summed E-state index contributed by atoms with van der Waals surface area (Å²) in [6.45, 7) is 1.98. The summed E-state index contributed by atoms with van der Waals surface area (Å²) < 4.78 is 1.77. The van der Waals surface area contributed by atoms with Crippen LogP contribution in [-0.4, -0.2) is 6.29 Å². The molecule has 3 heteroatoms. The van der Waals surface area contributed by atoms with Gasteiger partial charge in [0.2, 0.25) is 0 Å². The molecule has 0 aliphatic heterocycles. The first-order chi connectivity index (χ1) is 5.16. The van der Waals surface area contributed by atoms with E-state index in [1.165, 1.54) is 0 Å². The maximum atomic E-state index is 10.4. The number of halogens is 2. The molecule has 0 heterocycles. The molecule has 1 aromatic carbocycles. The Hall–Kier alpha value is -0.150. The van der Waals surface area contributed by atoms with E-state index in [1.54, 1.807) is 6.07 Å². The van der Waals surface area contributed by atoms with Gasteiger partial charge in [-0.25, -0.2) is 0 Å². The summed E-state index contributed by atoms with van der Waals surface area (Å²) in [6.07, 6.45) is 0.828. The lowest BCUT2D eigenvalue weighted by atomic mass is 10.2. The van der Waals surface area contributed by atoms with Crippen LogP contribution in [0.2, 0.25) is 0 Å². The van der Waals surface area contributed by atoms with Gasteiger partial charge in [-0.05, 0) is 44.3 Å². The lowest BCUT2D eigenvalue weighted by Crippen LogP contribution is -1.85. The molecule has 0 unspecified atom stereocenters. The summed E-state index contributed by atoms with van der Waals surface area (Å²) >= 11 is 6.68. The smallest absolute Gasteiger partial charge is 0.151 e. The minimum Gasteiger partial charge on any atom is -0.298 e. The Bertz CT molecular complexity index is 294. The van der Waals surface area contributed by atoms with Gasteiger partial charge in [0.15, 0.2) is 6.29 Å². The fourth-order valence-corrected chi connectivity index (χ4v) is 1.65. The minimum atomic E-state index is 0.669. The minimum absolute atomic E-state index is 0.669. The molecule has 0 saturated carbocycles. The molecule has 0 amide bonds. The van der Waals surface area contributed by atoms with Gasteiger partial charge < -0.3 is 0 Å². The number of aryl methyl sites for hydroxylation is 1. The highest BCUT2D eigenvalue weighted by molar-refractivity contribution is 9.13. The third kappa shape index (κ3) is 1.71. The molecule has 1 rings (SSSR count). The van der Waals surface area contributed by atoms with Gasteiger partial charge in [0, 0.05) is 14.5 Å². The van der Waals surface area contributed by atoms with E-state index in [0.29, 0.717) is 5.56 Å². The fourth-order valence-electron chi connectivity index (χ4n) is 0.752. The van der Waals surface area contributed by atoms with Gasteiger partial charge in [0.1, 0.15) is 0 Å². The Balaban J connectivity index is 3.36. The van der Waals surface area contributed by atoms with Gasteiger partial charge in [-0.2, -0.15) is 0 Å². The van der Waals surface area contributed by atoms with Crippen LogP contribution in [0.25, 0.3) is 0 Å². The molecule has 0 aliphatic carbocycles. The predicted octanol–water partition coefficient (Wildman–Crippen LogP) is 3.33. The maximum Gasteiger partial charge on any atom is 0.151 e. The zero-order valence-electron chi connectivity index (χ0n) is 5.90. The van der Waals surface area contributed by atoms with E-state index in [2.05, 4.69) is 31.9 Å². The van der Waals surface area contributed by atoms with E-state index in [1.807, 2.05) is 13.0 Å². The third-order valence-corrected chi connectivity index (χ3v) is 3.84. The number of benzene rings is 1. The second kappa shape index (κ2) is 3.50. The zero-order valence-corrected chi connectivity index (χ0v) is 9.07. The maximum absolute atomic E-state index is 10.4. The van der Waals surface area contributed by atoms with Crippen molar-refractivity contribution in [2.45, 2.75) is 6.92 Å². The molecular formula is C8H6Br2O. The fraction of sp³-hybridized carbons (Fsp3) is 0.125. The van der Waals surface area contributed by atoms with Gasteiger partial charge in [-0.15, -0.1) is 0 Å². The highest BCUT2D eigenvalue weighted by atomic mass is 79.9. The lowest BCUT2D eigenvalue weighted by Gasteiger charge is -2.02. The van der Waals surface area contributed by atoms with E-state index in [4.69, 9.17) is 0 Å². The number of carbonyl (C=O) groups is 1. The molecule has 1 aromatic rings. The molecule has 0 atom stereocenters. The number of rotatable bonds is 1. The summed E-state index contributed by atoms with van der Waals surface area (Å²) in [5.74, 6) is 0. The third-order valence-electron chi connectivity index (χ3n) is 1.43. The second-order valence-corrected chi connectivity index (χ2v) is 3.80. The molecule has 0 saturated heterocycles. The highest BCUT2D eigenvalue weighted by Gasteiger charge is 2.04. The monoisotopic (exact) mass is 276 g/mol. The van der Waals surface area contributed by atoms with Gasteiger partial charge in [-0.3, -0.25) is 4.79 Å². The van der Waals surface area contributed by atoms with Crippen molar-refractivity contribution in [3.63, 3.8) is 0 Å². The average molecular weight is 278 g/mol. The second-order valence-electron chi connectivity index (χ2n) is 2.22. The standard InChI is InChI=1S/C8H6Br2O/c1-5-2-3-6(4-11)8(10)7(5)9/h2-4H,1H3. The summed E-state index contributed by atoms with van der Waals surface area (Å²) in [4.78, 5) is 10.4. The van der Waals surface area contributed by atoms with Gasteiger partial charge in [0.05, 0.1) is 0 Å². The SMILES string of the molecule is Cc1ccc(C=O)c(Br)c1Br. The molecule has 0 bridgehead atoms. The summed E-state index contributed by atoms with van der Waals surface area (Å²) in [5.41, 5.74) is 1.78. The Kier molecular flexibility index (Phi) is 2.84. The van der Waals surface area contributed by atoms with Crippen molar-refractivity contribution in [2.75, 3.05) is 0 Å². The summed E-state index contributed by atoms with van der Waals surface area (Å²) in [6, 6.07) is 3.69. The normalized spacial score (nSPS) is 9.73. The van der Waals surface area contributed by atoms with Crippen molar-refractivity contribution < 1.29 is 4.79 Å². The van der Waals surface area contributed by atoms with Crippen LogP contribution < -0.4 is 0 Å². The lowest BCUT2D eigenvalue weighted by molar-refractivity contribution is 0.112. The average Bonchev–Trinajstić information content (AvgIpc) is 2.01. The van der Waals surface area contributed by atoms with Crippen molar-refractivity contribution in [2.24, 2.45) is 0 Å². The molecule has 0 fully saturated rings. The van der Waals surface area contributed by atoms with Crippen LogP contribution in [0.4, 0.5) is 0 Å². The number of hydrogen-bond donors (Lipinski definition) is 0. The Morgan fingerprint density at radius 2 is 1.91 bits per heavy atom. The first-order valence-corrected chi connectivity index (χ1v) is 4.65. The van der Waals surface area contributed by atoms with Crippen LogP contribution in [0.5, 0.6) is 0 Å². The summed E-state index contributed by atoms with van der Waals surface area (Å²) in [7, 11) is 0. The van der Waals surface area contributed by atoms with Crippen LogP contribution in [0, 0.1) is 6.92 Å². The van der Waals surface area contributed by atoms with Gasteiger partial charge in [0.25, 0.3) is 0 Å². The Morgan fingerprint density at radius 1 is 1.27 bits per heavy atom. The molecule has 1 nitrogen and oxygen atoms in total. The molecular weight excluding hydrogens is 272 g/mol. The molecule has 0 radical (unpaired) electrons. The Morgan fingerprint density at radius 3 is 2.45 bits per heavy atom. The zero-order chi connectivity index (χ0) is 8.43. The largest absolute Gasteiger partial charge is 0.298 e. The van der Waals surface area contributed by atoms with Crippen molar-refractivity contribution >= 4 is 38.1 Å². The summed E-state index contributed by atoms with van der Waals surface area (Å²) in [5, 5.41) is 0. The van der Waals surface area contributed by atoms with E-state index >= 15 is 0 Å². The Labute approximate surface area is 82.1 Å². The molecule has 0 N–H and O–H groups in total. The van der Waals surface area contributed by atoms with Crippen LogP contribution >= 0.6 is 31.9 Å². The topological polar surface area (TPSA) is 17.1 Å². The molecule has 58 valence electrons. The van der Waals surface area contributed by atoms with E-state index in [0.717, 1.165) is 20.8 Å². The molecule has 11 heavy (non-hydrogen) atoms. The first kappa shape index (κ1) is 8.94. The predicted molar refractivity (Wildman–Crippen MR) is 52.0 cm³/mol. The van der Waals surface area contributed by atoms with Crippen LogP contribution in [0.3, 0.4) is 0 Å². The molecule has 0 aliphatic rings. The van der Waals surface area contributed by atoms with Crippen LogP contribution in [-0.2, 0) is 0 Å². The van der Waals surface area contributed by atoms with Crippen molar-refractivity contribution in [3.8, 4) is 0 Å². The number of hydrogen-bond acceptors (Lipinski definition) is 1. The number of aldehydes is 1. The quantitative estimate of drug-likeness (QED) is 0.720. The van der Waals surface area contributed by atoms with E-state index in [-0.39, 0.29) is 0 Å².